The average Bonchev–Trinajstić information content (AvgIpc) is 2.59. The van der Waals surface area contributed by atoms with Gasteiger partial charge in [-0.05, 0) is 17.5 Å². The van der Waals surface area contributed by atoms with Gasteiger partial charge >= 0.3 is 0 Å². The zero-order valence-corrected chi connectivity index (χ0v) is 12.9. The van der Waals surface area contributed by atoms with Crippen LogP contribution in [-0.4, -0.2) is 29.0 Å². The summed E-state index contributed by atoms with van der Waals surface area (Å²) >= 11 is 0. The Morgan fingerprint density at radius 1 is 0.909 bits per heavy atom. The molecular formula is C19H24O3. The van der Waals surface area contributed by atoms with E-state index in [-0.39, 0.29) is 5.92 Å². The molecule has 2 N–H and O–H groups in total. The van der Waals surface area contributed by atoms with Gasteiger partial charge in [0.1, 0.15) is 0 Å². The zero-order valence-electron chi connectivity index (χ0n) is 12.9. The Morgan fingerprint density at radius 3 is 2.14 bits per heavy atom. The van der Waals surface area contributed by atoms with E-state index in [4.69, 9.17) is 4.74 Å². The van der Waals surface area contributed by atoms with E-state index in [0.29, 0.717) is 19.6 Å². The molecule has 0 aromatic heterocycles. The summed E-state index contributed by atoms with van der Waals surface area (Å²) in [5, 5.41) is 20.4. The highest BCUT2D eigenvalue weighted by Crippen LogP contribution is 2.22. The molecule has 2 rings (SSSR count). The van der Waals surface area contributed by atoms with Gasteiger partial charge in [0.25, 0.3) is 0 Å². The maximum Gasteiger partial charge on any atom is 0.0865 e. The lowest BCUT2D eigenvalue weighted by Crippen LogP contribution is -2.31. The second-order valence-corrected chi connectivity index (χ2v) is 5.58. The van der Waals surface area contributed by atoms with Crippen molar-refractivity contribution in [3.63, 3.8) is 0 Å². The summed E-state index contributed by atoms with van der Waals surface area (Å²) in [6, 6.07) is 19.7. The van der Waals surface area contributed by atoms with Crippen LogP contribution in [0.1, 0.15) is 30.4 Å². The van der Waals surface area contributed by atoms with Crippen LogP contribution in [0.25, 0.3) is 0 Å². The Kier molecular flexibility index (Phi) is 6.59. The van der Waals surface area contributed by atoms with E-state index >= 15 is 0 Å². The Balaban J connectivity index is 1.73. The molecule has 118 valence electrons. The lowest BCUT2D eigenvalue weighted by molar-refractivity contribution is -0.0169. The van der Waals surface area contributed by atoms with Gasteiger partial charge in [-0.3, -0.25) is 0 Å². The third-order valence-electron chi connectivity index (χ3n) is 3.90. The Labute approximate surface area is 132 Å². The number of benzene rings is 2. The van der Waals surface area contributed by atoms with Crippen LogP contribution in [0.5, 0.6) is 0 Å². The number of hydrogen-bond donors (Lipinski definition) is 2. The number of aliphatic hydroxyl groups excluding tert-OH is 2. The molecule has 2 aromatic rings. The third-order valence-corrected chi connectivity index (χ3v) is 3.90. The fraction of sp³-hybridized carbons (Fsp3) is 0.368. The lowest BCUT2D eigenvalue weighted by Gasteiger charge is -2.24. The van der Waals surface area contributed by atoms with Crippen LogP contribution in [0.4, 0.5) is 0 Å². The van der Waals surface area contributed by atoms with E-state index in [2.05, 4.69) is 0 Å². The molecule has 0 saturated heterocycles. The number of hydrogen-bond acceptors (Lipinski definition) is 3. The summed E-state index contributed by atoms with van der Waals surface area (Å²) < 4.78 is 5.55. The van der Waals surface area contributed by atoms with Gasteiger partial charge in [-0.25, -0.2) is 0 Å². The molecule has 0 amide bonds. The maximum atomic E-state index is 10.3. The highest BCUT2D eigenvalue weighted by molar-refractivity contribution is 5.20. The SMILES string of the molecule is C[C@H](c1ccccc1)[C@@H](O)[C@H](O)CCOCc1ccccc1. The Bertz CT molecular complexity index is 527. The second-order valence-electron chi connectivity index (χ2n) is 5.58. The highest BCUT2D eigenvalue weighted by atomic mass is 16.5. The van der Waals surface area contributed by atoms with Crippen LogP contribution in [-0.2, 0) is 11.3 Å². The van der Waals surface area contributed by atoms with Crippen molar-refractivity contribution in [2.24, 2.45) is 0 Å². The second kappa shape index (κ2) is 8.69. The molecule has 3 nitrogen and oxygen atoms in total. The van der Waals surface area contributed by atoms with E-state index in [1.54, 1.807) is 0 Å². The van der Waals surface area contributed by atoms with Gasteiger partial charge in [0.2, 0.25) is 0 Å². The predicted molar refractivity (Wildman–Crippen MR) is 87.6 cm³/mol. The molecule has 0 bridgehead atoms. The maximum absolute atomic E-state index is 10.3. The minimum atomic E-state index is -0.789. The molecule has 0 fully saturated rings. The van der Waals surface area contributed by atoms with Gasteiger partial charge in [0, 0.05) is 12.5 Å². The Morgan fingerprint density at radius 2 is 1.50 bits per heavy atom. The highest BCUT2D eigenvalue weighted by Gasteiger charge is 2.23. The average molecular weight is 300 g/mol. The Hall–Kier alpha value is -1.68. The summed E-state index contributed by atoms with van der Waals surface area (Å²) in [5.74, 6) is -0.106. The van der Waals surface area contributed by atoms with E-state index < -0.39 is 12.2 Å². The van der Waals surface area contributed by atoms with Gasteiger partial charge in [0.05, 0.1) is 18.8 Å². The van der Waals surface area contributed by atoms with Crippen molar-refractivity contribution in [1.82, 2.24) is 0 Å². The van der Waals surface area contributed by atoms with Crippen LogP contribution in [0, 0.1) is 0 Å². The van der Waals surface area contributed by atoms with Gasteiger partial charge in [-0.1, -0.05) is 67.6 Å². The van der Waals surface area contributed by atoms with Crippen LogP contribution in [0.2, 0.25) is 0 Å². The molecule has 3 heteroatoms. The van der Waals surface area contributed by atoms with Crippen molar-refractivity contribution in [3.05, 3.63) is 71.8 Å². The largest absolute Gasteiger partial charge is 0.390 e. The summed E-state index contributed by atoms with van der Waals surface area (Å²) in [6.07, 6.45) is -1.15. The number of aliphatic hydroxyl groups is 2. The third kappa shape index (κ3) is 4.95. The molecule has 0 aliphatic heterocycles. The van der Waals surface area contributed by atoms with Crippen LogP contribution >= 0.6 is 0 Å². The monoisotopic (exact) mass is 300 g/mol. The van der Waals surface area contributed by atoms with E-state index in [1.807, 2.05) is 67.6 Å². The quantitative estimate of drug-likeness (QED) is 0.736. The van der Waals surface area contributed by atoms with Crippen molar-refractivity contribution >= 4 is 0 Å². The molecule has 0 heterocycles. The smallest absolute Gasteiger partial charge is 0.0865 e. The van der Waals surface area contributed by atoms with Crippen LogP contribution in [0.15, 0.2) is 60.7 Å². The predicted octanol–water partition coefficient (Wildman–Crippen LogP) is 3.12. The first kappa shape index (κ1) is 16.7. The standard InChI is InChI=1S/C19H24O3/c1-15(17-10-6-3-7-11-17)19(21)18(20)12-13-22-14-16-8-4-2-5-9-16/h2-11,15,18-21H,12-14H2,1H3/t15-,18-,19-/m1/s1. The summed E-state index contributed by atoms with van der Waals surface area (Å²) in [7, 11) is 0. The first-order chi connectivity index (χ1) is 10.7. The molecule has 0 aliphatic carbocycles. The molecule has 0 aliphatic rings. The van der Waals surface area contributed by atoms with Gasteiger partial charge in [-0.15, -0.1) is 0 Å². The first-order valence-electron chi connectivity index (χ1n) is 7.71. The van der Waals surface area contributed by atoms with Crippen molar-refractivity contribution in [1.29, 1.82) is 0 Å². The van der Waals surface area contributed by atoms with Gasteiger partial charge < -0.3 is 14.9 Å². The molecule has 3 atom stereocenters. The molecule has 2 aromatic carbocycles. The van der Waals surface area contributed by atoms with E-state index in [1.165, 1.54) is 0 Å². The summed E-state index contributed by atoms with van der Waals surface area (Å²) in [6.45, 7) is 2.88. The fourth-order valence-electron chi connectivity index (χ4n) is 2.43. The summed E-state index contributed by atoms with van der Waals surface area (Å²) in [5.41, 5.74) is 2.13. The molecule has 0 saturated carbocycles. The molecule has 22 heavy (non-hydrogen) atoms. The molecule has 0 unspecified atom stereocenters. The topological polar surface area (TPSA) is 49.7 Å². The summed E-state index contributed by atoms with van der Waals surface area (Å²) in [4.78, 5) is 0. The van der Waals surface area contributed by atoms with E-state index in [9.17, 15) is 10.2 Å². The minimum absolute atomic E-state index is 0.106. The van der Waals surface area contributed by atoms with Gasteiger partial charge in [-0.2, -0.15) is 0 Å². The lowest BCUT2D eigenvalue weighted by atomic mass is 9.91. The van der Waals surface area contributed by atoms with Gasteiger partial charge in [0.15, 0.2) is 0 Å². The number of ether oxygens (including phenoxy) is 1. The van der Waals surface area contributed by atoms with E-state index in [0.717, 1.165) is 11.1 Å². The molecular weight excluding hydrogens is 276 g/mol. The molecule has 0 spiro atoms. The first-order valence-corrected chi connectivity index (χ1v) is 7.71. The normalized spacial score (nSPS) is 15.2. The number of rotatable bonds is 8. The van der Waals surface area contributed by atoms with Crippen molar-refractivity contribution in [2.45, 2.75) is 38.1 Å². The van der Waals surface area contributed by atoms with Crippen LogP contribution < -0.4 is 0 Å². The van der Waals surface area contributed by atoms with Crippen molar-refractivity contribution in [2.75, 3.05) is 6.61 Å². The fourth-order valence-corrected chi connectivity index (χ4v) is 2.43. The van der Waals surface area contributed by atoms with Crippen LogP contribution in [0.3, 0.4) is 0 Å². The minimum Gasteiger partial charge on any atom is -0.390 e. The van der Waals surface area contributed by atoms with Crippen molar-refractivity contribution < 1.29 is 14.9 Å². The zero-order chi connectivity index (χ0) is 15.8. The van der Waals surface area contributed by atoms with Crippen molar-refractivity contribution in [3.8, 4) is 0 Å². The molecule has 0 radical (unpaired) electrons.